The van der Waals surface area contributed by atoms with Crippen LogP contribution in [0.2, 0.25) is 0 Å². The second-order valence-corrected chi connectivity index (χ2v) is 4.80. The van der Waals surface area contributed by atoms with Crippen LogP contribution < -0.4 is 0 Å². The van der Waals surface area contributed by atoms with Gasteiger partial charge in [-0.05, 0) is 5.92 Å². The summed E-state index contributed by atoms with van der Waals surface area (Å²) in [4.78, 5) is 0. The molecule has 0 unspecified atom stereocenters. The van der Waals surface area contributed by atoms with Crippen LogP contribution in [0.3, 0.4) is 0 Å². The van der Waals surface area contributed by atoms with Crippen LogP contribution in [0.1, 0.15) is 98.8 Å². The van der Waals surface area contributed by atoms with Gasteiger partial charge in [-0.3, -0.25) is 0 Å². The molecule has 0 fully saturated rings. The minimum atomic E-state index is 0.975. The van der Waals surface area contributed by atoms with Crippen molar-refractivity contribution in [2.45, 2.75) is 98.8 Å². The van der Waals surface area contributed by atoms with Gasteiger partial charge in [0, 0.05) is 0 Å². The second-order valence-electron chi connectivity index (χ2n) is 4.80. The fraction of sp³-hybridized carbons (Fsp3) is 1.00. The minimum Gasteiger partial charge on any atom is -0.0683 e. The molecule has 0 aromatic rings. The molecule has 0 aliphatic heterocycles. The zero-order chi connectivity index (χ0) is 12.6. The Morgan fingerprint density at radius 3 is 1.50 bits per heavy atom. The Labute approximate surface area is 105 Å². The normalized spacial score (nSPS) is 11.8. The van der Waals surface area contributed by atoms with E-state index in [1.165, 1.54) is 64.2 Å². The number of hydrogen-bond donors (Lipinski definition) is 0. The average molecular weight is 228 g/mol. The largest absolute Gasteiger partial charge is 0.0683 e. The smallest absolute Gasteiger partial charge is 0.0443 e. The van der Waals surface area contributed by atoms with E-state index >= 15 is 0 Å². The lowest BCUT2D eigenvalue weighted by molar-refractivity contribution is 0.437. The van der Waals surface area contributed by atoms with Gasteiger partial charge >= 0.3 is 0 Å². The minimum absolute atomic E-state index is 0.975. The third-order valence-electron chi connectivity index (χ3n) is 3.10. The summed E-state index contributed by atoms with van der Waals surface area (Å²) in [6.45, 7) is 11.0. The summed E-state index contributed by atoms with van der Waals surface area (Å²) < 4.78 is 0. The first-order chi connectivity index (χ1) is 7.81. The average Bonchev–Trinajstić information content (AvgIpc) is 2.32. The van der Waals surface area contributed by atoms with Gasteiger partial charge in [0.25, 0.3) is 0 Å². The molecule has 0 aliphatic carbocycles. The van der Waals surface area contributed by atoms with Crippen molar-refractivity contribution < 1.29 is 0 Å². The highest BCUT2D eigenvalue weighted by atomic mass is 14.1. The van der Waals surface area contributed by atoms with Crippen molar-refractivity contribution in [1.29, 1.82) is 0 Å². The van der Waals surface area contributed by atoms with E-state index in [4.69, 9.17) is 0 Å². The van der Waals surface area contributed by atoms with Gasteiger partial charge in [0.05, 0.1) is 0 Å². The maximum atomic E-state index is 2.43. The molecule has 100 valence electrons. The Morgan fingerprint density at radius 2 is 1.00 bits per heavy atom. The molecule has 0 radical (unpaired) electrons. The fourth-order valence-electron chi connectivity index (χ4n) is 1.98. The highest BCUT2D eigenvalue weighted by molar-refractivity contribution is 4.54. The van der Waals surface area contributed by atoms with Crippen molar-refractivity contribution in [2.75, 3.05) is 0 Å². The highest BCUT2D eigenvalue weighted by Crippen LogP contribution is 2.17. The van der Waals surface area contributed by atoms with Crippen molar-refractivity contribution in [3.63, 3.8) is 0 Å². The molecule has 0 nitrogen and oxygen atoms in total. The monoisotopic (exact) mass is 228 g/mol. The molecule has 16 heavy (non-hydrogen) atoms. The van der Waals surface area contributed by atoms with Crippen LogP contribution in [0, 0.1) is 5.92 Å². The maximum absolute atomic E-state index is 2.43. The van der Waals surface area contributed by atoms with Crippen LogP contribution in [0.4, 0.5) is 0 Å². The summed E-state index contributed by atoms with van der Waals surface area (Å²) >= 11 is 0. The quantitative estimate of drug-likeness (QED) is 0.370. The van der Waals surface area contributed by atoms with Crippen molar-refractivity contribution >= 4 is 0 Å². The van der Waals surface area contributed by atoms with Gasteiger partial charge in [-0.25, -0.2) is 0 Å². The SMILES string of the molecule is CC.CCCCCCC[C@@H](C)CCCCC. The Morgan fingerprint density at radius 1 is 0.625 bits per heavy atom. The third kappa shape index (κ3) is 16.4. The molecule has 0 bridgehead atoms. The number of hydrogen-bond acceptors (Lipinski definition) is 0. The first-order valence-electron chi connectivity index (χ1n) is 7.81. The van der Waals surface area contributed by atoms with Crippen LogP contribution in [-0.2, 0) is 0 Å². The summed E-state index contributed by atoms with van der Waals surface area (Å²) in [5, 5.41) is 0. The van der Waals surface area contributed by atoms with E-state index in [0.29, 0.717) is 0 Å². The molecule has 0 aromatic carbocycles. The molecule has 0 rings (SSSR count). The van der Waals surface area contributed by atoms with Gasteiger partial charge in [-0.2, -0.15) is 0 Å². The zero-order valence-corrected chi connectivity index (χ0v) is 12.6. The van der Waals surface area contributed by atoms with Crippen LogP contribution in [-0.4, -0.2) is 0 Å². The molecule has 0 heterocycles. The Kier molecular flexibility index (Phi) is 20.0. The van der Waals surface area contributed by atoms with Gasteiger partial charge in [0.1, 0.15) is 0 Å². The third-order valence-corrected chi connectivity index (χ3v) is 3.10. The van der Waals surface area contributed by atoms with E-state index in [2.05, 4.69) is 20.8 Å². The first kappa shape index (κ1) is 18.4. The zero-order valence-electron chi connectivity index (χ0n) is 12.6. The highest BCUT2D eigenvalue weighted by Gasteiger charge is 2.00. The number of rotatable bonds is 10. The van der Waals surface area contributed by atoms with Gasteiger partial charge in [-0.15, -0.1) is 0 Å². The van der Waals surface area contributed by atoms with Crippen molar-refractivity contribution in [1.82, 2.24) is 0 Å². The van der Waals surface area contributed by atoms with Gasteiger partial charge in [0.2, 0.25) is 0 Å². The summed E-state index contributed by atoms with van der Waals surface area (Å²) in [5.74, 6) is 0.975. The predicted octanol–water partition coefficient (Wildman–Crippen LogP) is 6.59. The van der Waals surface area contributed by atoms with E-state index in [1.807, 2.05) is 13.8 Å². The van der Waals surface area contributed by atoms with Crippen LogP contribution in [0.5, 0.6) is 0 Å². The summed E-state index contributed by atoms with van der Waals surface area (Å²) in [7, 11) is 0. The molecule has 0 saturated carbocycles. The second kappa shape index (κ2) is 17.4. The van der Waals surface area contributed by atoms with Crippen molar-refractivity contribution in [3.8, 4) is 0 Å². The predicted molar refractivity (Wildman–Crippen MR) is 78.0 cm³/mol. The first-order valence-corrected chi connectivity index (χ1v) is 7.81. The van der Waals surface area contributed by atoms with Crippen LogP contribution in [0.15, 0.2) is 0 Å². The van der Waals surface area contributed by atoms with Gasteiger partial charge in [-0.1, -0.05) is 98.8 Å². The van der Waals surface area contributed by atoms with Gasteiger partial charge in [0.15, 0.2) is 0 Å². The molecule has 0 aromatic heterocycles. The molecule has 0 N–H and O–H groups in total. The fourth-order valence-corrected chi connectivity index (χ4v) is 1.98. The lowest BCUT2D eigenvalue weighted by atomic mass is 9.96. The van der Waals surface area contributed by atoms with E-state index in [-0.39, 0.29) is 0 Å². The Hall–Kier alpha value is 0. The topological polar surface area (TPSA) is 0 Å². The lowest BCUT2D eigenvalue weighted by Gasteiger charge is -2.10. The summed E-state index contributed by atoms with van der Waals surface area (Å²) in [5.41, 5.74) is 0. The molecular weight excluding hydrogens is 192 g/mol. The Balaban J connectivity index is 0. The van der Waals surface area contributed by atoms with E-state index < -0.39 is 0 Å². The standard InChI is InChI=1S/C14H30.C2H6/c1-4-6-8-9-11-13-14(3)12-10-7-5-2;1-2/h14H,4-13H2,1-3H3;1-2H3/t14-;/m0./s1. The van der Waals surface area contributed by atoms with E-state index in [1.54, 1.807) is 0 Å². The molecular formula is C16H36. The summed E-state index contributed by atoms with van der Waals surface area (Å²) in [6.07, 6.45) is 14.4. The molecule has 0 amide bonds. The lowest BCUT2D eigenvalue weighted by Crippen LogP contribution is -1.94. The summed E-state index contributed by atoms with van der Waals surface area (Å²) in [6, 6.07) is 0. The molecule has 1 atom stereocenters. The number of unbranched alkanes of at least 4 members (excludes halogenated alkanes) is 6. The van der Waals surface area contributed by atoms with Crippen molar-refractivity contribution in [3.05, 3.63) is 0 Å². The van der Waals surface area contributed by atoms with Crippen LogP contribution >= 0.6 is 0 Å². The molecule has 0 saturated heterocycles. The van der Waals surface area contributed by atoms with E-state index in [0.717, 1.165) is 5.92 Å². The van der Waals surface area contributed by atoms with Gasteiger partial charge < -0.3 is 0 Å². The molecule has 0 heteroatoms. The maximum Gasteiger partial charge on any atom is -0.0443 e. The van der Waals surface area contributed by atoms with Crippen molar-refractivity contribution in [2.24, 2.45) is 5.92 Å². The van der Waals surface area contributed by atoms with Crippen LogP contribution in [0.25, 0.3) is 0 Å². The van der Waals surface area contributed by atoms with E-state index in [9.17, 15) is 0 Å². The molecule has 0 aliphatic rings. The molecule has 0 spiro atoms. The Bertz CT molecular complexity index is 96.2.